The van der Waals surface area contributed by atoms with E-state index in [1.807, 2.05) is 0 Å². The fourth-order valence-electron chi connectivity index (χ4n) is 1.80. The van der Waals surface area contributed by atoms with Crippen molar-refractivity contribution in [1.29, 1.82) is 0 Å². The van der Waals surface area contributed by atoms with E-state index in [1.54, 1.807) is 0 Å². The van der Waals surface area contributed by atoms with E-state index in [9.17, 15) is 0 Å². The second-order valence-corrected chi connectivity index (χ2v) is 4.35. The minimum atomic E-state index is 0.552. The maximum Gasteiger partial charge on any atom is 0.00816 e. The second kappa shape index (κ2) is 5.16. The van der Waals surface area contributed by atoms with Gasteiger partial charge in [0.2, 0.25) is 0 Å². The largest absolute Gasteiger partial charge is 0.312 e. The fraction of sp³-hybridized carbons (Fsp3) is 0.538. The van der Waals surface area contributed by atoms with Gasteiger partial charge in [0.15, 0.2) is 0 Å². The molecule has 0 aromatic heterocycles. The summed E-state index contributed by atoms with van der Waals surface area (Å²) in [6.07, 6.45) is 1.12. The van der Waals surface area contributed by atoms with Crippen LogP contribution in [0.5, 0.6) is 0 Å². The molecule has 1 nitrogen and oxygen atoms in total. The molecule has 14 heavy (non-hydrogen) atoms. The molecule has 78 valence electrons. The van der Waals surface area contributed by atoms with E-state index in [1.165, 1.54) is 11.1 Å². The van der Waals surface area contributed by atoms with Gasteiger partial charge in [-0.2, -0.15) is 0 Å². The number of benzene rings is 1. The Hall–Kier alpha value is -0.820. The number of aryl methyl sites for hydroxylation is 1. The molecule has 1 unspecified atom stereocenters. The molecule has 0 fully saturated rings. The molecule has 1 aromatic carbocycles. The van der Waals surface area contributed by atoms with Gasteiger partial charge in [0.25, 0.3) is 0 Å². The van der Waals surface area contributed by atoms with Crippen molar-refractivity contribution in [2.24, 2.45) is 0 Å². The number of nitrogens with one attached hydrogen (secondary N) is 1. The van der Waals surface area contributed by atoms with Gasteiger partial charge in [-0.25, -0.2) is 0 Å². The van der Waals surface area contributed by atoms with Gasteiger partial charge in [0.1, 0.15) is 0 Å². The van der Waals surface area contributed by atoms with Crippen LogP contribution in [-0.4, -0.2) is 12.1 Å². The third kappa shape index (κ3) is 3.51. The van der Waals surface area contributed by atoms with Crippen LogP contribution < -0.4 is 5.32 Å². The molecule has 0 bridgehead atoms. The highest BCUT2D eigenvalue weighted by molar-refractivity contribution is 5.26. The molecule has 1 aromatic rings. The lowest BCUT2D eigenvalue weighted by Gasteiger charge is -2.17. The van der Waals surface area contributed by atoms with Gasteiger partial charge in [0, 0.05) is 12.1 Å². The number of rotatable bonds is 4. The zero-order chi connectivity index (χ0) is 10.6. The molecule has 0 saturated heterocycles. The van der Waals surface area contributed by atoms with Gasteiger partial charge >= 0.3 is 0 Å². The van der Waals surface area contributed by atoms with Crippen LogP contribution in [0.25, 0.3) is 0 Å². The average molecular weight is 191 g/mol. The van der Waals surface area contributed by atoms with E-state index in [2.05, 4.69) is 57.3 Å². The Bertz CT molecular complexity index is 278. The van der Waals surface area contributed by atoms with Crippen LogP contribution in [0, 0.1) is 6.92 Å². The van der Waals surface area contributed by atoms with E-state index >= 15 is 0 Å². The van der Waals surface area contributed by atoms with Crippen LogP contribution in [0.1, 0.15) is 31.9 Å². The summed E-state index contributed by atoms with van der Waals surface area (Å²) in [6, 6.07) is 9.72. The summed E-state index contributed by atoms with van der Waals surface area (Å²) >= 11 is 0. The summed E-state index contributed by atoms with van der Waals surface area (Å²) in [4.78, 5) is 0. The zero-order valence-corrected chi connectivity index (χ0v) is 9.67. The Balaban J connectivity index is 2.56. The smallest absolute Gasteiger partial charge is 0.00816 e. The molecule has 0 aliphatic carbocycles. The first-order chi connectivity index (χ1) is 6.59. The van der Waals surface area contributed by atoms with Gasteiger partial charge in [0.05, 0.1) is 0 Å². The van der Waals surface area contributed by atoms with Crippen molar-refractivity contribution in [3.8, 4) is 0 Å². The van der Waals surface area contributed by atoms with Gasteiger partial charge < -0.3 is 5.32 Å². The van der Waals surface area contributed by atoms with E-state index in [-0.39, 0.29) is 0 Å². The first kappa shape index (κ1) is 11.3. The van der Waals surface area contributed by atoms with Crippen LogP contribution in [0.15, 0.2) is 24.3 Å². The summed E-state index contributed by atoms with van der Waals surface area (Å²) in [7, 11) is 0. The van der Waals surface area contributed by atoms with E-state index < -0.39 is 0 Å². The predicted octanol–water partition coefficient (Wildman–Crippen LogP) is 2.92. The summed E-state index contributed by atoms with van der Waals surface area (Å²) in [5.74, 6) is 0. The molecular weight excluding hydrogens is 170 g/mol. The van der Waals surface area contributed by atoms with Crippen LogP contribution >= 0.6 is 0 Å². The highest BCUT2D eigenvalue weighted by atomic mass is 14.9. The standard InChI is InChI=1S/C13H21N/c1-10(2)14-12(4)9-13-8-6-5-7-11(13)3/h5-8,10,12,14H,9H2,1-4H3. The monoisotopic (exact) mass is 191 g/mol. The lowest BCUT2D eigenvalue weighted by molar-refractivity contribution is 0.487. The Morgan fingerprint density at radius 2 is 1.79 bits per heavy atom. The summed E-state index contributed by atoms with van der Waals surface area (Å²) in [6.45, 7) is 8.80. The van der Waals surface area contributed by atoms with E-state index in [0.29, 0.717) is 12.1 Å². The lowest BCUT2D eigenvalue weighted by Crippen LogP contribution is -2.34. The van der Waals surface area contributed by atoms with Gasteiger partial charge in [-0.05, 0) is 31.4 Å². The van der Waals surface area contributed by atoms with Crippen LogP contribution in [0.4, 0.5) is 0 Å². The molecule has 0 heterocycles. The highest BCUT2D eigenvalue weighted by Gasteiger charge is 2.05. The Morgan fingerprint density at radius 3 is 2.36 bits per heavy atom. The predicted molar refractivity (Wildman–Crippen MR) is 62.6 cm³/mol. The first-order valence-electron chi connectivity index (χ1n) is 5.40. The number of hydrogen-bond acceptors (Lipinski definition) is 1. The van der Waals surface area contributed by atoms with Crippen molar-refractivity contribution in [2.45, 2.75) is 46.2 Å². The maximum absolute atomic E-state index is 3.52. The zero-order valence-electron chi connectivity index (χ0n) is 9.67. The Morgan fingerprint density at radius 1 is 1.14 bits per heavy atom. The van der Waals surface area contributed by atoms with Crippen molar-refractivity contribution in [2.75, 3.05) is 0 Å². The summed E-state index contributed by atoms with van der Waals surface area (Å²) in [5.41, 5.74) is 2.85. The quantitative estimate of drug-likeness (QED) is 0.771. The van der Waals surface area contributed by atoms with Crippen LogP contribution in [-0.2, 0) is 6.42 Å². The molecule has 0 radical (unpaired) electrons. The topological polar surface area (TPSA) is 12.0 Å². The average Bonchev–Trinajstić information content (AvgIpc) is 2.07. The van der Waals surface area contributed by atoms with Crippen molar-refractivity contribution >= 4 is 0 Å². The first-order valence-corrected chi connectivity index (χ1v) is 5.40. The maximum atomic E-state index is 3.52. The normalized spacial score (nSPS) is 13.2. The van der Waals surface area contributed by atoms with E-state index in [4.69, 9.17) is 0 Å². The van der Waals surface area contributed by atoms with Gasteiger partial charge in [-0.1, -0.05) is 38.1 Å². The SMILES string of the molecule is Cc1ccccc1CC(C)NC(C)C. The lowest BCUT2D eigenvalue weighted by atomic mass is 10.0. The molecule has 0 amide bonds. The third-order valence-corrected chi connectivity index (χ3v) is 2.41. The molecule has 1 heteroatoms. The van der Waals surface area contributed by atoms with Crippen molar-refractivity contribution in [3.05, 3.63) is 35.4 Å². The molecule has 0 spiro atoms. The molecule has 1 atom stereocenters. The van der Waals surface area contributed by atoms with Crippen LogP contribution in [0.2, 0.25) is 0 Å². The molecule has 0 aliphatic heterocycles. The molecule has 0 saturated carbocycles. The van der Waals surface area contributed by atoms with Crippen molar-refractivity contribution < 1.29 is 0 Å². The molecular formula is C13H21N. The van der Waals surface area contributed by atoms with Crippen molar-refractivity contribution in [3.63, 3.8) is 0 Å². The summed E-state index contributed by atoms with van der Waals surface area (Å²) < 4.78 is 0. The summed E-state index contributed by atoms with van der Waals surface area (Å²) in [5, 5.41) is 3.52. The van der Waals surface area contributed by atoms with Crippen molar-refractivity contribution in [1.82, 2.24) is 5.32 Å². The van der Waals surface area contributed by atoms with Crippen LogP contribution in [0.3, 0.4) is 0 Å². The third-order valence-electron chi connectivity index (χ3n) is 2.41. The highest BCUT2D eigenvalue weighted by Crippen LogP contribution is 2.09. The Kier molecular flexibility index (Phi) is 4.15. The molecule has 0 aliphatic rings. The van der Waals surface area contributed by atoms with Gasteiger partial charge in [-0.3, -0.25) is 0 Å². The molecule has 1 rings (SSSR count). The molecule has 1 N–H and O–H groups in total. The van der Waals surface area contributed by atoms with Gasteiger partial charge in [-0.15, -0.1) is 0 Å². The fourth-order valence-corrected chi connectivity index (χ4v) is 1.80. The second-order valence-electron chi connectivity index (χ2n) is 4.35. The Labute approximate surface area is 87.5 Å². The van der Waals surface area contributed by atoms with E-state index in [0.717, 1.165) is 6.42 Å². The minimum Gasteiger partial charge on any atom is -0.312 e. The number of hydrogen-bond donors (Lipinski definition) is 1. The minimum absolute atomic E-state index is 0.552.